The number of rotatable bonds is 2. The summed E-state index contributed by atoms with van der Waals surface area (Å²) in [7, 11) is 0. The van der Waals surface area contributed by atoms with Gasteiger partial charge in [0, 0.05) is 5.70 Å². The molecule has 0 spiro atoms. The van der Waals surface area contributed by atoms with Gasteiger partial charge < -0.3 is 5.73 Å². The quantitative estimate of drug-likeness (QED) is 0.579. The summed E-state index contributed by atoms with van der Waals surface area (Å²) >= 11 is 2.25. The average Bonchev–Trinajstić information content (AvgIpc) is 1.83. The zero-order valence-electron chi connectivity index (χ0n) is 5.82. The molecule has 1 nitrogen and oxygen atoms in total. The van der Waals surface area contributed by atoms with Crippen molar-refractivity contribution in [3.05, 3.63) is 21.4 Å². The third-order valence-electron chi connectivity index (χ3n) is 0.935. The Morgan fingerprint density at radius 2 is 2.11 bits per heavy atom. The van der Waals surface area contributed by atoms with Crippen molar-refractivity contribution in [2.24, 2.45) is 5.73 Å². The molecule has 0 bridgehead atoms. The topological polar surface area (TPSA) is 26.0 Å². The van der Waals surface area contributed by atoms with Crippen LogP contribution in [0.5, 0.6) is 0 Å². The molecule has 0 aromatic heterocycles. The van der Waals surface area contributed by atoms with E-state index >= 15 is 0 Å². The normalized spacial score (nSPS) is 14.1. The van der Waals surface area contributed by atoms with Crippen LogP contribution in [0.2, 0.25) is 0 Å². The van der Waals surface area contributed by atoms with Crippen LogP contribution < -0.4 is 5.73 Å². The second-order valence-corrected chi connectivity index (χ2v) is 3.55. The van der Waals surface area contributed by atoms with Crippen molar-refractivity contribution in [1.82, 2.24) is 0 Å². The van der Waals surface area contributed by atoms with E-state index in [0.29, 0.717) is 0 Å². The van der Waals surface area contributed by atoms with E-state index < -0.39 is 0 Å². The molecule has 9 heavy (non-hydrogen) atoms. The summed E-state index contributed by atoms with van der Waals surface area (Å²) in [5.41, 5.74) is 6.47. The smallest absolute Gasteiger partial charge is 0.00779 e. The lowest BCUT2D eigenvalue weighted by Crippen LogP contribution is -1.92. The van der Waals surface area contributed by atoms with E-state index in [2.05, 4.69) is 22.6 Å². The Bertz CT molecular complexity index is 132. The van der Waals surface area contributed by atoms with Crippen LogP contribution in [0.25, 0.3) is 0 Å². The molecule has 52 valence electrons. The van der Waals surface area contributed by atoms with Crippen LogP contribution in [0.4, 0.5) is 0 Å². The molecule has 0 saturated heterocycles. The standard InChI is InChI=1S/C7H12IN/c1-3-7(9)5-4-6(2)8/h4-5H,3,9H2,1-2H3/b6-4+,7-5+. The predicted octanol–water partition coefficient (Wildman–Crippen LogP) is 2.58. The van der Waals surface area contributed by atoms with Gasteiger partial charge in [0.1, 0.15) is 0 Å². The van der Waals surface area contributed by atoms with E-state index in [0.717, 1.165) is 12.1 Å². The Hall–Kier alpha value is 0.01000. The molecule has 0 aliphatic heterocycles. The van der Waals surface area contributed by atoms with Gasteiger partial charge in [0.15, 0.2) is 0 Å². The fourth-order valence-corrected chi connectivity index (χ4v) is 0.520. The molecule has 0 aliphatic carbocycles. The summed E-state index contributed by atoms with van der Waals surface area (Å²) < 4.78 is 1.25. The number of hydrogen-bond donors (Lipinski definition) is 1. The summed E-state index contributed by atoms with van der Waals surface area (Å²) in [5.74, 6) is 0. The molecule has 2 N–H and O–H groups in total. The Kier molecular flexibility index (Phi) is 4.85. The lowest BCUT2D eigenvalue weighted by Gasteiger charge is -1.89. The van der Waals surface area contributed by atoms with Crippen LogP contribution in [0.3, 0.4) is 0 Å². The summed E-state index contributed by atoms with van der Waals surface area (Å²) in [4.78, 5) is 0. The van der Waals surface area contributed by atoms with Gasteiger partial charge in [0.05, 0.1) is 0 Å². The van der Waals surface area contributed by atoms with Crippen LogP contribution >= 0.6 is 22.6 Å². The van der Waals surface area contributed by atoms with Gasteiger partial charge in [-0.25, -0.2) is 0 Å². The van der Waals surface area contributed by atoms with Crippen molar-refractivity contribution in [2.45, 2.75) is 20.3 Å². The average molecular weight is 237 g/mol. The van der Waals surface area contributed by atoms with Crippen LogP contribution in [0, 0.1) is 0 Å². The van der Waals surface area contributed by atoms with Crippen molar-refractivity contribution in [3.63, 3.8) is 0 Å². The Labute approximate surface area is 70.2 Å². The van der Waals surface area contributed by atoms with Crippen LogP contribution in [0.15, 0.2) is 21.4 Å². The molecular weight excluding hydrogens is 225 g/mol. The maximum atomic E-state index is 5.53. The van der Waals surface area contributed by atoms with Gasteiger partial charge in [0.2, 0.25) is 0 Å². The predicted molar refractivity (Wildman–Crippen MR) is 50.3 cm³/mol. The molecule has 0 atom stereocenters. The second-order valence-electron chi connectivity index (χ2n) is 1.85. The highest BCUT2D eigenvalue weighted by molar-refractivity contribution is 14.1. The minimum Gasteiger partial charge on any atom is -0.402 e. The summed E-state index contributed by atoms with van der Waals surface area (Å²) in [5, 5.41) is 0. The molecule has 0 aromatic rings. The summed E-state index contributed by atoms with van der Waals surface area (Å²) in [6, 6.07) is 0. The largest absolute Gasteiger partial charge is 0.402 e. The number of halogens is 1. The Morgan fingerprint density at radius 3 is 2.44 bits per heavy atom. The third-order valence-corrected chi connectivity index (χ3v) is 1.29. The van der Waals surface area contributed by atoms with Gasteiger partial charge >= 0.3 is 0 Å². The van der Waals surface area contributed by atoms with E-state index in [-0.39, 0.29) is 0 Å². The van der Waals surface area contributed by atoms with Crippen LogP contribution in [-0.4, -0.2) is 0 Å². The lowest BCUT2D eigenvalue weighted by molar-refractivity contribution is 1.07. The van der Waals surface area contributed by atoms with Crippen LogP contribution in [0.1, 0.15) is 20.3 Å². The van der Waals surface area contributed by atoms with E-state index in [1.807, 2.05) is 26.0 Å². The van der Waals surface area contributed by atoms with Crippen LogP contribution in [-0.2, 0) is 0 Å². The van der Waals surface area contributed by atoms with Gasteiger partial charge in [0.25, 0.3) is 0 Å². The molecule has 0 fully saturated rings. The van der Waals surface area contributed by atoms with Crippen molar-refractivity contribution in [2.75, 3.05) is 0 Å². The molecular formula is C7H12IN. The van der Waals surface area contributed by atoms with E-state index in [9.17, 15) is 0 Å². The van der Waals surface area contributed by atoms with Crippen molar-refractivity contribution >= 4 is 22.6 Å². The summed E-state index contributed by atoms with van der Waals surface area (Å²) in [6.07, 6.45) is 4.89. The Balaban J connectivity index is 3.83. The van der Waals surface area contributed by atoms with E-state index in [1.165, 1.54) is 3.58 Å². The fourth-order valence-electron chi connectivity index (χ4n) is 0.340. The first-order chi connectivity index (χ1) is 4.16. The zero-order valence-corrected chi connectivity index (χ0v) is 7.97. The first-order valence-corrected chi connectivity index (χ1v) is 4.03. The van der Waals surface area contributed by atoms with Gasteiger partial charge in [-0.05, 0) is 45.6 Å². The van der Waals surface area contributed by atoms with Crippen molar-refractivity contribution < 1.29 is 0 Å². The monoisotopic (exact) mass is 237 g/mol. The van der Waals surface area contributed by atoms with Gasteiger partial charge in [-0.2, -0.15) is 0 Å². The highest BCUT2D eigenvalue weighted by Crippen LogP contribution is 2.03. The van der Waals surface area contributed by atoms with E-state index in [4.69, 9.17) is 5.73 Å². The minimum atomic E-state index is 0.931. The molecule has 0 heterocycles. The zero-order chi connectivity index (χ0) is 7.28. The number of hydrogen-bond acceptors (Lipinski definition) is 1. The SMILES string of the molecule is CC/C(N)=C\C=C(/C)I. The number of nitrogens with two attached hydrogens (primary N) is 1. The molecule has 0 aromatic carbocycles. The first-order valence-electron chi connectivity index (χ1n) is 2.95. The van der Waals surface area contributed by atoms with Crippen molar-refractivity contribution in [1.29, 1.82) is 0 Å². The minimum absolute atomic E-state index is 0.931. The molecule has 0 saturated carbocycles. The Morgan fingerprint density at radius 1 is 1.56 bits per heavy atom. The molecule has 0 radical (unpaired) electrons. The molecule has 2 heteroatoms. The molecule has 0 rings (SSSR count). The lowest BCUT2D eigenvalue weighted by atomic mass is 10.3. The maximum Gasteiger partial charge on any atom is 0.00779 e. The number of allylic oxidation sites excluding steroid dienone is 4. The van der Waals surface area contributed by atoms with E-state index in [1.54, 1.807) is 0 Å². The molecule has 0 aliphatic rings. The third kappa shape index (κ3) is 5.89. The fraction of sp³-hybridized carbons (Fsp3) is 0.429. The summed E-state index contributed by atoms with van der Waals surface area (Å²) in [6.45, 7) is 4.09. The molecule has 0 unspecified atom stereocenters. The maximum absolute atomic E-state index is 5.53. The highest BCUT2D eigenvalue weighted by atomic mass is 127. The van der Waals surface area contributed by atoms with Gasteiger partial charge in [-0.3, -0.25) is 0 Å². The first kappa shape index (κ1) is 9.01. The highest BCUT2D eigenvalue weighted by Gasteiger charge is 1.79. The van der Waals surface area contributed by atoms with Gasteiger partial charge in [-0.15, -0.1) is 0 Å². The molecule has 0 amide bonds. The second kappa shape index (κ2) is 4.85. The van der Waals surface area contributed by atoms with Gasteiger partial charge in [-0.1, -0.05) is 13.0 Å². The van der Waals surface area contributed by atoms with Crippen molar-refractivity contribution in [3.8, 4) is 0 Å².